The second-order valence-corrected chi connectivity index (χ2v) is 10.2. The molecule has 4 nitrogen and oxygen atoms in total. The SMILES string of the molecule is CCC(C(=O)NC1CCCCC1)N(Cc1cccc(C)c1)C(=O)CSCc1ccccc1C. The van der Waals surface area contributed by atoms with Gasteiger partial charge in [-0.1, -0.05) is 80.3 Å². The average Bonchev–Trinajstić information content (AvgIpc) is 2.81. The van der Waals surface area contributed by atoms with Gasteiger partial charge in [-0.15, -0.1) is 11.8 Å². The summed E-state index contributed by atoms with van der Waals surface area (Å²) < 4.78 is 0. The lowest BCUT2D eigenvalue weighted by Gasteiger charge is -2.33. The third-order valence-corrected chi connectivity index (χ3v) is 7.48. The van der Waals surface area contributed by atoms with Crippen molar-refractivity contribution >= 4 is 23.6 Å². The largest absolute Gasteiger partial charge is 0.352 e. The molecule has 1 unspecified atom stereocenters. The number of amides is 2. The van der Waals surface area contributed by atoms with Crippen LogP contribution < -0.4 is 5.32 Å². The Balaban J connectivity index is 1.71. The van der Waals surface area contributed by atoms with Crippen LogP contribution in [0.15, 0.2) is 48.5 Å². The van der Waals surface area contributed by atoms with E-state index in [4.69, 9.17) is 0 Å². The highest BCUT2D eigenvalue weighted by Gasteiger charge is 2.30. The van der Waals surface area contributed by atoms with E-state index >= 15 is 0 Å². The Morgan fingerprint density at radius 3 is 2.52 bits per heavy atom. The van der Waals surface area contributed by atoms with Crippen molar-refractivity contribution in [2.24, 2.45) is 0 Å². The van der Waals surface area contributed by atoms with E-state index in [1.165, 1.54) is 30.4 Å². The van der Waals surface area contributed by atoms with E-state index in [1.807, 2.05) is 31.2 Å². The molecule has 2 aromatic carbocycles. The zero-order valence-electron chi connectivity index (χ0n) is 20.3. The maximum atomic E-state index is 13.4. The highest BCUT2D eigenvalue weighted by molar-refractivity contribution is 7.99. The number of hydrogen-bond acceptors (Lipinski definition) is 3. The molecule has 178 valence electrons. The summed E-state index contributed by atoms with van der Waals surface area (Å²) in [4.78, 5) is 28.5. The number of rotatable bonds is 10. The Bertz CT molecular complexity index is 924. The summed E-state index contributed by atoms with van der Waals surface area (Å²) in [7, 11) is 0. The molecule has 0 aromatic heterocycles. The van der Waals surface area contributed by atoms with Crippen LogP contribution >= 0.6 is 11.8 Å². The van der Waals surface area contributed by atoms with Gasteiger partial charge in [0, 0.05) is 18.3 Å². The van der Waals surface area contributed by atoms with Gasteiger partial charge in [0.2, 0.25) is 11.8 Å². The van der Waals surface area contributed by atoms with Gasteiger partial charge in [0.1, 0.15) is 6.04 Å². The van der Waals surface area contributed by atoms with Gasteiger partial charge in [0.05, 0.1) is 5.75 Å². The van der Waals surface area contributed by atoms with Crippen molar-refractivity contribution in [1.82, 2.24) is 10.2 Å². The minimum Gasteiger partial charge on any atom is -0.352 e. The quantitative estimate of drug-likeness (QED) is 0.482. The van der Waals surface area contributed by atoms with Crippen molar-refractivity contribution in [1.29, 1.82) is 0 Å². The Morgan fingerprint density at radius 2 is 1.82 bits per heavy atom. The lowest BCUT2D eigenvalue weighted by Crippen LogP contribution is -2.52. The van der Waals surface area contributed by atoms with Crippen LogP contribution in [0.3, 0.4) is 0 Å². The molecule has 1 fully saturated rings. The molecular weight excluding hydrogens is 428 g/mol. The third-order valence-electron chi connectivity index (χ3n) is 6.52. The van der Waals surface area contributed by atoms with Gasteiger partial charge in [-0.2, -0.15) is 0 Å². The van der Waals surface area contributed by atoms with Crippen LogP contribution in [0.2, 0.25) is 0 Å². The molecule has 0 saturated heterocycles. The molecule has 1 saturated carbocycles. The van der Waals surface area contributed by atoms with Gasteiger partial charge < -0.3 is 10.2 Å². The van der Waals surface area contributed by atoms with Crippen LogP contribution in [0.25, 0.3) is 0 Å². The lowest BCUT2D eigenvalue weighted by atomic mass is 9.95. The summed E-state index contributed by atoms with van der Waals surface area (Å²) in [5.74, 6) is 1.19. The smallest absolute Gasteiger partial charge is 0.243 e. The van der Waals surface area contributed by atoms with Crippen LogP contribution in [-0.4, -0.2) is 34.6 Å². The molecule has 3 rings (SSSR count). The number of nitrogens with one attached hydrogen (secondary N) is 1. The van der Waals surface area contributed by atoms with Crippen molar-refractivity contribution in [3.8, 4) is 0 Å². The number of aryl methyl sites for hydroxylation is 2. The minimum atomic E-state index is -0.445. The summed E-state index contributed by atoms with van der Waals surface area (Å²) in [6, 6.07) is 16.3. The molecule has 0 bridgehead atoms. The first kappa shape index (κ1) is 25.4. The number of benzene rings is 2. The first-order valence-electron chi connectivity index (χ1n) is 12.3. The molecule has 1 aliphatic carbocycles. The molecule has 2 aromatic rings. The average molecular weight is 467 g/mol. The van der Waals surface area contributed by atoms with Crippen molar-refractivity contribution in [3.05, 3.63) is 70.8 Å². The van der Waals surface area contributed by atoms with E-state index < -0.39 is 6.04 Å². The van der Waals surface area contributed by atoms with Gasteiger partial charge in [-0.25, -0.2) is 0 Å². The molecular formula is C28H38N2O2S. The third kappa shape index (κ3) is 7.63. The van der Waals surface area contributed by atoms with Gasteiger partial charge in [-0.05, 0) is 49.8 Å². The lowest BCUT2D eigenvalue weighted by molar-refractivity contribution is -0.139. The van der Waals surface area contributed by atoms with E-state index in [-0.39, 0.29) is 17.9 Å². The standard InChI is InChI=1S/C28H38N2O2S/c1-4-26(28(32)29-25-15-6-5-7-16-25)30(18-23-13-10-11-21(2)17-23)27(31)20-33-19-24-14-9-8-12-22(24)3/h8-14,17,25-26H,4-7,15-16,18-20H2,1-3H3,(H,29,32). The van der Waals surface area contributed by atoms with Crippen molar-refractivity contribution in [2.45, 2.75) is 83.7 Å². The molecule has 1 N–H and O–H groups in total. The number of hydrogen-bond donors (Lipinski definition) is 1. The predicted molar refractivity (Wildman–Crippen MR) is 138 cm³/mol. The van der Waals surface area contributed by atoms with E-state index in [9.17, 15) is 9.59 Å². The zero-order valence-corrected chi connectivity index (χ0v) is 21.1. The fourth-order valence-corrected chi connectivity index (χ4v) is 5.56. The highest BCUT2D eigenvalue weighted by atomic mass is 32.2. The number of nitrogens with zero attached hydrogens (tertiary/aromatic N) is 1. The van der Waals surface area contributed by atoms with Crippen molar-refractivity contribution in [3.63, 3.8) is 0 Å². The first-order valence-corrected chi connectivity index (χ1v) is 13.4. The summed E-state index contributed by atoms with van der Waals surface area (Å²) in [5, 5.41) is 3.25. The molecule has 0 heterocycles. The van der Waals surface area contributed by atoms with Gasteiger partial charge in [0.25, 0.3) is 0 Å². The highest BCUT2D eigenvalue weighted by Crippen LogP contribution is 2.21. The Hall–Kier alpha value is -2.27. The number of thioether (sulfide) groups is 1. The van der Waals surface area contributed by atoms with Crippen LogP contribution in [-0.2, 0) is 21.9 Å². The van der Waals surface area contributed by atoms with E-state index in [2.05, 4.69) is 43.4 Å². The Morgan fingerprint density at radius 1 is 1.06 bits per heavy atom. The molecule has 1 aliphatic rings. The fraction of sp³-hybridized carbons (Fsp3) is 0.500. The molecule has 0 aliphatic heterocycles. The van der Waals surface area contributed by atoms with E-state index in [1.54, 1.807) is 16.7 Å². The Kier molecular flexibility index (Phi) is 9.86. The van der Waals surface area contributed by atoms with Crippen molar-refractivity contribution in [2.75, 3.05) is 5.75 Å². The van der Waals surface area contributed by atoms with Crippen LogP contribution in [0.1, 0.15) is 67.7 Å². The van der Waals surface area contributed by atoms with Crippen LogP contribution in [0.4, 0.5) is 0 Å². The fourth-order valence-electron chi connectivity index (χ4n) is 4.57. The summed E-state index contributed by atoms with van der Waals surface area (Å²) in [5.41, 5.74) is 4.72. The zero-order chi connectivity index (χ0) is 23.6. The van der Waals surface area contributed by atoms with Crippen molar-refractivity contribution < 1.29 is 9.59 Å². The number of carbonyl (C=O) groups excluding carboxylic acids is 2. The summed E-state index contributed by atoms with van der Waals surface area (Å²) in [6.07, 6.45) is 6.28. The summed E-state index contributed by atoms with van der Waals surface area (Å²) in [6.45, 7) is 6.62. The van der Waals surface area contributed by atoms with Crippen LogP contribution in [0, 0.1) is 13.8 Å². The summed E-state index contributed by atoms with van der Waals surface area (Å²) >= 11 is 1.62. The maximum Gasteiger partial charge on any atom is 0.243 e. The second kappa shape index (κ2) is 12.8. The van der Waals surface area contributed by atoms with E-state index in [0.29, 0.717) is 18.7 Å². The Labute approximate surface area is 203 Å². The van der Waals surface area contributed by atoms with Crippen LogP contribution in [0.5, 0.6) is 0 Å². The molecule has 33 heavy (non-hydrogen) atoms. The second-order valence-electron chi connectivity index (χ2n) is 9.20. The normalized spacial score (nSPS) is 15.1. The molecule has 2 amide bonds. The number of carbonyl (C=O) groups is 2. The first-order chi connectivity index (χ1) is 16.0. The molecule has 0 radical (unpaired) electrons. The molecule has 0 spiro atoms. The monoisotopic (exact) mass is 466 g/mol. The predicted octanol–water partition coefficient (Wildman–Crippen LogP) is 5.79. The molecule has 1 atom stereocenters. The minimum absolute atomic E-state index is 0.00527. The van der Waals surface area contributed by atoms with E-state index in [0.717, 1.165) is 29.7 Å². The topological polar surface area (TPSA) is 49.4 Å². The van der Waals surface area contributed by atoms with Gasteiger partial charge >= 0.3 is 0 Å². The van der Waals surface area contributed by atoms with Gasteiger partial charge in [0.15, 0.2) is 0 Å². The molecule has 5 heteroatoms. The van der Waals surface area contributed by atoms with Gasteiger partial charge in [-0.3, -0.25) is 9.59 Å². The maximum absolute atomic E-state index is 13.4.